The Kier molecular flexibility index (Phi) is 16.0. The van der Waals surface area contributed by atoms with E-state index in [4.69, 9.17) is 23.7 Å². The molecule has 2 aliphatic rings. The van der Waals surface area contributed by atoms with Crippen LogP contribution in [0.25, 0.3) is 45.4 Å². The van der Waals surface area contributed by atoms with Crippen LogP contribution in [0.3, 0.4) is 0 Å². The molecule has 2 fully saturated rings. The van der Waals surface area contributed by atoms with E-state index in [1.807, 2.05) is 44.2 Å². The second-order valence-electron chi connectivity index (χ2n) is 20.5. The van der Waals surface area contributed by atoms with Crippen molar-refractivity contribution in [1.29, 1.82) is 0 Å². The van der Waals surface area contributed by atoms with Gasteiger partial charge in [0.2, 0.25) is 11.7 Å². The molecule has 0 atom stereocenters. The highest BCUT2D eigenvalue weighted by molar-refractivity contribution is 6.76. The van der Waals surface area contributed by atoms with Crippen molar-refractivity contribution in [2.24, 2.45) is 22.7 Å². The third kappa shape index (κ3) is 14.4. The van der Waals surface area contributed by atoms with Gasteiger partial charge in [-0.2, -0.15) is 14.6 Å². The van der Waals surface area contributed by atoms with Gasteiger partial charge >= 0.3 is 24.0 Å². The van der Waals surface area contributed by atoms with Crippen molar-refractivity contribution in [3.8, 4) is 69.1 Å². The smallest absolute Gasteiger partial charge is 0.335 e. The van der Waals surface area contributed by atoms with E-state index in [0.717, 1.165) is 39.6 Å². The first-order valence-electron chi connectivity index (χ1n) is 23.5. The SMILES string of the molecule is Cc1cc(OCC(C)(C)C(=O)O)cnc1-c1ccc(-c2nc(OCC3CC3)n[nH]2)cn1.Cc1cc(OCC(C)(C)C(=O)O)ncc1-c1ccc(-c2nc(OCC3CC3)n(COCC[Si](C)(C)C)n2)nc1. The quantitative estimate of drug-likeness (QED) is 0.0401. The summed E-state index contributed by atoms with van der Waals surface area (Å²) in [6, 6.07) is 13.1. The van der Waals surface area contributed by atoms with Gasteiger partial charge in [-0.25, -0.2) is 4.98 Å². The van der Waals surface area contributed by atoms with Gasteiger partial charge in [-0.3, -0.25) is 29.6 Å². The molecule has 2 saturated carbocycles. The molecular weight excluding hydrogens is 913 g/mol. The largest absolute Gasteiger partial charge is 0.491 e. The summed E-state index contributed by atoms with van der Waals surface area (Å²) in [7, 11) is -1.18. The number of pyridine rings is 4. The number of nitrogens with zero attached hydrogens (tertiary/aromatic N) is 9. The molecular formula is C50H64N10O9Si. The van der Waals surface area contributed by atoms with Gasteiger partial charge < -0.3 is 33.9 Å². The number of aryl methyl sites for hydroxylation is 2. The van der Waals surface area contributed by atoms with E-state index in [1.165, 1.54) is 25.7 Å². The molecule has 0 amide bonds. The number of carboxylic acid groups (broad SMARTS) is 2. The van der Waals surface area contributed by atoms with Gasteiger partial charge in [0.15, 0.2) is 5.82 Å². The first-order valence-corrected chi connectivity index (χ1v) is 27.2. The van der Waals surface area contributed by atoms with Gasteiger partial charge in [-0.05, 0) is 120 Å². The molecule has 19 nitrogen and oxygen atoms in total. The molecule has 0 radical (unpaired) electrons. The third-order valence-electron chi connectivity index (χ3n) is 11.7. The minimum atomic E-state index is -1.18. The molecule has 0 unspecified atom stereocenters. The van der Waals surface area contributed by atoms with E-state index in [2.05, 4.69) is 64.8 Å². The van der Waals surface area contributed by atoms with Gasteiger partial charge in [-0.15, -0.1) is 10.2 Å². The van der Waals surface area contributed by atoms with E-state index >= 15 is 0 Å². The summed E-state index contributed by atoms with van der Waals surface area (Å²) in [5.41, 5.74) is 4.50. The molecule has 0 spiro atoms. The molecule has 2 aliphatic carbocycles. The molecule has 70 heavy (non-hydrogen) atoms. The first kappa shape index (κ1) is 51.1. The van der Waals surface area contributed by atoms with Crippen molar-refractivity contribution >= 4 is 20.0 Å². The van der Waals surface area contributed by atoms with Crippen LogP contribution in [0.5, 0.6) is 23.7 Å². The number of ether oxygens (including phenoxy) is 5. The highest BCUT2D eigenvalue weighted by Gasteiger charge is 2.30. The number of aromatic nitrogens is 10. The van der Waals surface area contributed by atoms with E-state index in [0.29, 0.717) is 85.1 Å². The van der Waals surface area contributed by atoms with Gasteiger partial charge in [0, 0.05) is 56.0 Å². The van der Waals surface area contributed by atoms with Gasteiger partial charge in [0.1, 0.15) is 31.4 Å². The van der Waals surface area contributed by atoms with Crippen LogP contribution in [0.1, 0.15) is 64.5 Å². The number of carbonyl (C=O) groups is 2. The number of hydrogen-bond donors (Lipinski definition) is 3. The van der Waals surface area contributed by atoms with Gasteiger partial charge in [0.05, 0.1) is 41.6 Å². The van der Waals surface area contributed by atoms with Crippen LogP contribution >= 0.6 is 0 Å². The van der Waals surface area contributed by atoms with Crippen molar-refractivity contribution in [1.82, 2.24) is 49.9 Å². The fraction of sp³-hybridized carbons (Fsp3) is 0.480. The molecule has 0 saturated heterocycles. The van der Waals surface area contributed by atoms with E-state index in [-0.39, 0.29) is 13.2 Å². The molecule has 3 N–H and O–H groups in total. The number of aliphatic carboxylic acids is 2. The maximum atomic E-state index is 11.3. The Labute approximate surface area is 408 Å². The average Bonchev–Trinajstić information content (AvgIpc) is 4.25. The molecule has 0 bridgehead atoms. The zero-order chi connectivity index (χ0) is 50.2. The van der Waals surface area contributed by atoms with Crippen LogP contribution in [0, 0.1) is 36.5 Å². The highest BCUT2D eigenvalue weighted by atomic mass is 28.3. The fourth-order valence-electron chi connectivity index (χ4n) is 6.36. The molecule has 6 aromatic heterocycles. The molecule has 6 aromatic rings. The average molecular weight is 977 g/mol. The second-order valence-corrected chi connectivity index (χ2v) is 26.2. The van der Waals surface area contributed by atoms with E-state index in [9.17, 15) is 19.8 Å². The number of nitrogens with one attached hydrogen (secondary N) is 1. The maximum Gasteiger partial charge on any atom is 0.335 e. The molecule has 372 valence electrons. The minimum absolute atomic E-state index is 0.0275. The summed E-state index contributed by atoms with van der Waals surface area (Å²) in [5, 5.41) is 30.1. The summed E-state index contributed by atoms with van der Waals surface area (Å²) in [6.07, 6.45) is 11.6. The fourth-order valence-corrected chi connectivity index (χ4v) is 7.12. The normalized spacial score (nSPS) is 13.8. The van der Waals surface area contributed by atoms with Crippen molar-refractivity contribution in [2.45, 2.75) is 99.6 Å². The molecule has 0 aromatic carbocycles. The van der Waals surface area contributed by atoms with Crippen LogP contribution in [0.2, 0.25) is 25.7 Å². The number of hydrogen-bond acceptors (Lipinski definition) is 15. The van der Waals surface area contributed by atoms with Crippen LogP contribution in [-0.2, 0) is 21.1 Å². The Hall–Kier alpha value is -6.80. The van der Waals surface area contributed by atoms with Crippen molar-refractivity contribution in [3.63, 3.8) is 0 Å². The zero-order valence-electron chi connectivity index (χ0n) is 41.5. The lowest BCUT2D eigenvalue weighted by Gasteiger charge is -2.19. The predicted octanol–water partition coefficient (Wildman–Crippen LogP) is 8.82. The van der Waals surface area contributed by atoms with Crippen molar-refractivity contribution in [2.75, 3.05) is 33.0 Å². The lowest BCUT2D eigenvalue weighted by molar-refractivity contribution is -0.149. The lowest BCUT2D eigenvalue weighted by Crippen LogP contribution is -2.30. The third-order valence-corrected chi connectivity index (χ3v) is 13.4. The summed E-state index contributed by atoms with van der Waals surface area (Å²) in [5.74, 6) is 1.40. The Morgan fingerprint density at radius 1 is 0.743 bits per heavy atom. The topological polar surface area (TPSA) is 245 Å². The molecule has 6 heterocycles. The van der Waals surface area contributed by atoms with E-state index in [1.54, 1.807) is 63.2 Å². The number of H-pyrrole nitrogens is 1. The Bertz CT molecular complexity index is 2730. The Morgan fingerprint density at radius 3 is 1.99 bits per heavy atom. The Balaban J connectivity index is 0.000000212. The standard InChI is InChI=1S/C28H39N5O5Si.C22H25N5O4/c1-19-13-24(38-17-28(2,3)26(34)35)30-15-22(19)21-9-10-23(29-14-21)25-31-27(37-16-20-7-8-20)33(32-25)18-36-11-12-39(4,5)6;1-13-8-16(31-12-22(2,3)20(28)29)10-24-18(13)17-7-6-15(9-23-17)19-25-21(27-26-19)30-11-14-4-5-14/h9-10,13-15,20H,7-8,11-12,16-18H2,1-6H3,(H,34,35);6-10,14H,4-5,11-12H2,1-3H3,(H,28,29)(H,25,26,27). The van der Waals surface area contributed by atoms with Crippen LogP contribution in [0.4, 0.5) is 0 Å². The second kappa shape index (κ2) is 21.9. The monoisotopic (exact) mass is 976 g/mol. The van der Waals surface area contributed by atoms with Crippen molar-refractivity contribution in [3.05, 3.63) is 72.3 Å². The first-order chi connectivity index (χ1) is 33.2. The summed E-state index contributed by atoms with van der Waals surface area (Å²) < 4.78 is 30.4. The molecule has 8 rings (SSSR count). The summed E-state index contributed by atoms with van der Waals surface area (Å²) in [4.78, 5) is 49.5. The van der Waals surface area contributed by atoms with Crippen molar-refractivity contribution < 1.29 is 43.5 Å². The van der Waals surface area contributed by atoms with Crippen LogP contribution in [-0.4, -0.2) is 113 Å². The van der Waals surface area contributed by atoms with Gasteiger partial charge in [-0.1, -0.05) is 25.7 Å². The molecule has 20 heteroatoms. The highest BCUT2D eigenvalue weighted by Crippen LogP contribution is 2.32. The summed E-state index contributed by atoms with van der Waals surface area (Å²) in [6.45, 7) is 19.7. The zero-order valence-corrected chi connectivity index (χ0v) is 42.5. The number of aromatic amines is 1. The lowest BCUT2D eigenvalue weighted by atomic mass is 9.95. The maximum absolute atomic E-state index is 11.3. The summed E-state index contributed by atoms with van der Waals surface area (Å²) >= 11 is 0. The molecule has 0 aliphatic heterocycles. The number of rotatable bonds is 23. The van der Waals surface area contributed by atoms with Gasteiger partial charge in [0.25, 0.3) is 0 Å². The van der Waals surface area contributed by atoms with E-state index < -0.39 is 30.8 Å². The van der Waals surface area contributed by atoms with Crippen LogP contribution < -0.4 is 18.9 Å². The van der Waals surface area contributed by atoms with Crippen LogP contribution in [0.15, 0.2) is 61.2 Å². The Morgan fingerprint density at radius 2 is 1.39 bits per heavy atom. The number of carboxylic acids is 2. The predicted molar refractivity (Wildman–Crippen MR) is 263 cm³/mol. The minimum Gasteiger partial charge on any atom is -0.491 e.